The van der Waals surface area contributed by atoms with E-state index >= 15 is 0 Å². The maximum absolute atomic E-state index is 12.2. The number of hydrogen-bond donors (Lipinski definition) is 0. The maximum atomic E-state index is 12.2. The molecule has 1 rings (SSSR count). The minimum atomic E-state index is -0.468. The molecule has 20 heavy (non-hydrogen) atoms. The second kappa shape index (κ2) is 7.12. The van der Waals surface area contributed by atoms with Crippen LogP contribution >= 0.6 is 15.9 Å². The molecule has 0 bridgehead atoms. The van der Waals surface area contributed by atoms with Gasteiger partial charge >= 0.3 is 6.09 Å². The van der Waals surface area contributed by atoms with Crippen LogP contribution in [0, 0.1) is 0 Å². The lowest BCUT2D eigenvalue weighted by Gasteiger charge is -2.39. The number of nitrogens with zero attached hydrogens (tertiary/aromatic N) is 1. The Labute approximate surface area is 131 Å². The Morgan fingerprint density at radius 3 is 2.25 bits per heavy atom. The molecule has 1 aliphatic rings. The molecule has 0 aromatic heterocycles. The molecule has 1 fully saturated rings. The molecule has 0 aromatic carbocycles. The largest absolute Gasteiger partial charge is 0.444 e. The molecule has 0 N–H and O–H groups in total. The lowest BCUT2D eigenvalue weighted by atomic mass is 9.95. The van der Waals surface area contributed by atoms with E-state index in [1.807, 2.05) is 34.6 Å². The van der Waals surface area contributed by atoms with Crippen LogP contribution in [0.15, 0.2) is 0 Å². The molecule has 0 aromatic rings. The third-order valence-corrected chi connectivity index (χ3v) is 4.53. The molecule has 0 radical (unpaired) electrons. The van der Waals surface area contributed by atoms with E-state index < -0.39 is 5.60 Å². The smallest absolute Gasteiger partial charge is 0.410 e. The van der Waals surface area contributed by atoms with Crippen molar-refractivity contribution in [2.75, 3.05) is 18.4 Å². The molecule has 4 nitrogen and oxygen atoms in total. The Balaban J connectivity index is 2.61. The number of carbonyl (C=O) groups excluding carboxylic acids is 1. The summed E-state index contributed by atoms with van der Waals surface area (Å²) in [5, 5.41) is 0.704. The van der Waals surface area contributed by atoms with E-state index in [1.165, 1.54) is 6.42 Å². The first-order valence-electron chi connectivity index (χ1n) is 7.41. The van der Waals surface area contributed by atoms with E-state index in [0.29, 0.717) is 24.5 Å². The molecule has 5 heteroatoms. The van der Waals surface area contributed by atoms with Crippen molar-refractivity contribution in [3.05, 3.63) is 0 Å². The number of hydrogen-bond acceptors (Lipinski definition) is 3. The zero-order valence-corrected chi connectivity index (χ0v) is 15.0. The van der Waals surface area contributed by atoms with Gasteiger partial charge in [-0.05, 0) is 53.9 Å². The lowest BCUT2D eigenvalue weighted by Crippen LogP contribution is -2.50. The summed E-state index contributed by atoms with van der Waals surface area (Å²) in [6.45, 7) is 10.8. The van der Waals surface area contributed by atoms with Gasteiger partial charge in [-0.2, -0.15) is 0 Å². The summed E-state index contributed by atoms with van der Waals surface area (Å²) in [5.74, 6) is 0. The van der Waals surface area contributed by atoms with E-state index in [1.54, 1.807) is 4.90 Å². The minimum Gasteiger partial charge on any atom is -0.444 e. The summed E-state index contributed by atoms with van der Waals surface area (Å²) in [6.07, 6.45) is 3.56. The fourth-order valence-corrected chi connectivity index (χ4v) is 2.35. The van der Waals surface area contributed by atoms with Crippen molar-refractivity contribution in [3.63, 3.8) is 0 Å². The molecule has 1 atom stereocenters. The van der Waals surface area contributed by atoms with Gasteiger partial charge in [0.2, 0.25) is 0 Å². The molecule has 0 aliphatic heterocycles. The Hall–Kier alpha value is -0.290. The van der Waals surface area contributed by atoms with Crippen LogP contribution in [0.1, 0.15) is 53.9 Å². The summed E-state index contributed by atoms with van der Waals surface area (Å²) in [5.41, 5.74) is -0.831. The van der Waals surface area contributed by atoms with Crippen molar-refractivity contribution < 1.29 is 14.3 Å². The number of carbonyl (C=O) groups is 1. The average Bonchev–Trinajstić information content (AvgIpc) is 2.29. The Morgan fingerprint density at radius 2 is 1.90 bits per heavy atom. The first kappa shape index (κ1) is 17.8. The van der Waals surface area contributed by atoms with Crippen LogP contribution < -0.4 is 0 Å². The molecule has 1 aliphatic carbocycles. The maximum Gasteiger partial charge on any atom is 0.410 e. The first-order valence-corrected chi connectivity index (χ1v) is 8.53. The highest BCUT2D eigenvalue weighted by Crippen LogP contribution is 2.29. The third kappa shape index (κ3) is 5.60. The predicted molar refractivity (Wildman–Crippen MR) is 84.4 cm³/mol. The van der Waals surface area contributed by atoms with Gasteiger partial charge in [0.25, 0.3) is 0 Å². The Kier molecular flexibility index (Phi) is 6.32. The summed E-state index contributed by atoms with van der Waals surface area (Å²) < 4.78 is 11.6. The predicted octanol–water partition coefficient (Wildman–Crippen LogP) is 3.97. The van der Waals surface area contributed by atoms with E-state index in [9.17, 15) is 4.79 Å². The van der Waals surface area contributed by atoms with Crippen LogP contribution in [0.4, 0.5) is 4.79 Å². The molecule has 1 unspecified atom stereocenters. The highest BCUT2D eigenvalue weighted by Gasteiger charge is 2.34. The van der Waals surface area contributed by atoms with Gasteiger partial charge in [0, 0.05) is 11.9 Å². The fraction of sp³-hybridized carbons (Fsp3) is 0.933. The summed E-state index contributed by atoms with van der Waals surface area (Å²) in [4.78, 5) is 13.9. The molecular weight excluding hydrogens is 322 g/mol. The van der Waals surface area contributed by atoms with Gasteiger partial charge in [-0.3, -0.25) is 0 Å². The van der Waals surface area contributed by atoms with Gasteiger partial charge in [-0.25, -0.2) is 4.79 Å². The van der Waals surface area contributed by atoms with Gasteiger partial charge in [0.05, 0.1) is 18.2 Å². The fourth-order valence-electron chi connectivity index (χ4n) is 2.04. The molecule has 0 saturated heterocycles. The van der Waals surface area contributed by atoms with Crippen molar-refractivity contribution in [1.29, 1.82) is 0 Å². The number of likely N-dealkylation sites (N-methyl/N-ethyl adjacent to an activating group) is 1. The van der Waals surface area contributed by atoms with Crippen LogP contribution in [0.3, 0.4) is 0 Å². The van der Waals surface area contributed by atoms with Crippen molar-refractivity contribution in [3.8, 4) is 0 Å². The Morgan fingerprint density at radius 1 is 1.30 bits per heavy atom. The zero-order chi connectivity index (χ0) is 15.4. The summed E-state index contributed by atoms with van der Waals surface area (Å²) >= 11 is 3.52. The molecule has 0 heterocycles. The number of amides is 1. The summed E-state index contributed by atoms with van der Waals surface area (Å²) in [7, 11) is 0. The topological polar surface area (TPSA) is 38.8 Å². The normalized spacial score (nSPS) is 19.1. The second-order valence-corrected chi connectivity index (χ2v) is 7.31. The van der Waals surface area contributed by atoms with Gasteiger partial charge in [0.1, 0.15) is 5.60 Å². The number of alkyl halides is 1. The molecule has 1 amide bonds. The third-order valence-electron chi connectivity index (χ3n) is 3.34. The van der Waals surface area contributed by atoms with Gasteiger partial charge in [-0.15, -0.1) is 0 Å². The van der Waals surface area contributed by atoms with Crippen molar-refractivity contribution in [1.82, 2.24) is 4.90 Å². The van der Waals surface area contributed by atoms with E-state index in [0.717, 1.165) is 12.8 Å². The molecule has 0 spiro atoms. The Bertz CT molecular complexity index is 326. The van der Waals surface area contributed by atoms with Gasteiger partial charge in [0.15, 0.2) is 0 Å². The number of ether oxygens (including phenoxy) is 2. The molecule has 1 saturated carbocycles. The van der Waals surface area contributed by atoms with Crippen LogP contribution in [-0.4, -0.2) is 46.7 Å². The quantitative estimate of drug-likeness (QED) is 0.681. The van der Waals surface area contributed by atoms with Crippen LogP contribution in [-0.2, 0) is 9.47 Å². The number of halogens is 1. The van der Waals surface area contributed by atoms with Gasteiger partial charge in [-0.1, -0.05) is 15.9 Å². The van der Waals surface area contributed by atoms with Crippen molar-refractivity contribution >= 4 is 22.0 Å². The van der Waals surface area contributed by atoms with Crippen molar-refractivity contribution in [2.24, 2.45) is 0 Å². The van der Waals surface area contributed by atoms with Crippen LogP contribution in [0.2, 0.25) is 0 Å². The van der Waals surface area contributed by atoms with E-state index in [2.05, 4.69) is 15.9 Å². The average molecular weight is 350 g/mol. The van der Waals surface area contributed by atoms with E-state index in [4.69, 9.17) is 9.47 Å². The summed E-state index contributed by atoms with van der Waals surface area (Å²) in [6, 6.07) is 0. The highest BCUT2D eigenvalue weighted by atomic mass is 79.9. The monoisotopic (exact) mass is 349 g/mol. The lowest BCUT2D eigenvalue weighted by molar-refractivity contribution is -0.110. The standard InChI is InChI=1S/C15H28BrNO3/c1-6-17(13(18)20-14(2,3)4)11-15(5,10-16)19-12-8-7-9-12/h12H,6-11H2,1-5H3. The zero-order valence-electron chi connectivity index (χ0n) is 13.4. The SMILES string of the molecule is CCN(CC(C)(CBr)OC1CCC1)C(=O)OC(C)(C)C. The van der Waals surface area contributed by atoms with Crippen LogP contribution in [0.25, 0.3) is 0 Å². The van der Waals surface area contributed by atoms with E-state index in [-0.39, 0.29) is 11.7 Å². The highest BCUT2D eigenvalue weighted by molar-refractivity contribution is 9.09. The molecule has 118 valence electrons. The minimum absolute atomic E-state index is 0.274. The molecular formula is C15H28BrNO3. The van der Waals surface area contributed by atoms with Crippen molar-refractivity contribution in [2.45, 2.75) is 71.2 Å². The second-order valence-electron chi connectivity index (χ2n) is 6.75. The van der Waals surface area contributed by atoms with Gasteiger partial charge < -0.3 is 14.4 Å². The van der Waals surface area contributed by atoms with Crippen LogP contribution in [0.5, 0.6) is 0 Å². The number of rotatable bonds is 6. The first-order chi connectivity index (χ1) is 9.19.